The van der Waals surface area contributed by atoms with E-state index in [1.807, 2.05) is 19.1 Å². The summed E-state index contributed by atoms with van der Waals surface area (Å²) in [5, 5.41) is 0. The molecule has 76 valence electrons. The maximum atomic E-state index is 10.3. The Labute approximate surface area is 84.9 Å². The molecule has 1 atom stereocenters. The van der Waals surface area contributed by atoms with Crippen LogP contribution in [-0.4, -0.2) is 6.47 Å². The van der Waals surface area contributed by atoms with Crippen molar-refractivity contribution >= 4 is 6.47 Å². The van der Waals surface area contributed by atoms with Gasteiger partial charge < -0.3 is 4.74 Å². The van der Waals surface area contributed by atoms with Gasteiger partial charge in [-0.25, -0.2) is 0 Å². The molecule has 0 radical (unpaired) electrons. The van der Waals surface area contributed by atoms with Crippen molar-refractivity contribution in [3.05, 3.63) is 34.9 Å². The van der Waals surface area contributed by atoms with Crippen molar-refractivity contribution in [2.24, 2.45) is 0 Å². The molecule has 0 spiro atoms. The SMILES string of the molecule is CCC(OC=O)c1cccc(C)c1C. The third-order valence-electron chi connectivity index (χ3n) is 2.58. The van der Waals surface area contributed by atoms with Crippen LogP contribution in [0.25, 0.3) is 0 Å². The number of ether oxygens (including phenoxy) is 1. The summed E-state index contributed by atoms with van der Waals surface area (Å²) in [6.07, 6.45) is 0.704. The molecule has 0 heterocycles. The second-order valence-electron chi connectivity index (χ2n) is 3.42. The minimum Gasteiger partial charge on any atom is -0.460 e. The Morgan fingerprint density at radius 1 is 1.43 bits per heavy atom. The molecule has 0 aromatic heterocycles. The Balaban J connectivity index is 3.03. The number of rotatable bonds is 4. The first kappa shape index (κ1) is 10.8. The molecule has 0 fully saturated rings. The molecule has 1 aromatic carbocycles. The first-order chi connectivity index (χ1) is 6.70. The predicted octanol–water partition coefficient (Wildman–Crippen LogP) is 2.93. The zero-order chi connectivity index (χ0) is 10.6. The lowest BCUT2D eigenvalue weighted by atomic mass is 9.98. The second-order valence-corrected chi connectivity index (χ2v) is 3.42. The van der Waals surface area contributed by atoms with Gasteiger partial charge in [-0.2, -0.15) is 0 Å². The van der Waals surface area contributed by atoms with E-state index < -0.39 is 0 Å². The number of aryl methyl sites for hydroxylation is 1. The zero-order valence-electron chi connectivity index (χ0n) is 8.91. The summed E-state index contributed by atoms with van der Waals surface area (Å²) in [5.41, 5.74) is 3.55. The molecule has 0 saturated carbocycles. The van der Waals surface area contributed by atoms with Crippen LogP contribution in [0.3, 0.4) is 0 Å². The molecule has 0 saturated heterocycles. The van der Waals surface area contributed by atoms with E-state index >= 15 is 0 Å². The van der Waals surface area contributed by atoms with Crippen LogP contribution >= 0.6 is 0 Å². The first-order valence-electron chi connectivity index (χ1n) is 4.86. The topological polar surface area (TPSA) is 26.3 Å². The molecular weight excluding hydrogens is 176 g/mol. The van der Waals surface area contributed by atoms with Gasteiger partial charge in [0.1, 0.15) is 6.10 Å². The Morgan fingerprint density at radius 3 is 2.71 bits per heavy atom. The summed E-state index contributed by atoms with van der Waals surface area (Å²) in [4.78, 5) is 10.3. The van der Waals surface area contributed by atoms with Crippen LogP contribution in [0.4, 0.5) is 0 Å². The van der Waals surface area contributed by atoms with E-state index in [0.29, 0.717) is 6.47 Å². The highest BCUT2D eigenvalue weighted by Crippen LogP contribution is 2.25. The average Bonchev–Trinajstić information content (AvgIpc) is 2.19. The summed E-state index contributed by atoms with van der Waals surface area (Å²) in [6.45, 7) is 6.65. The van der Waals surface area contributed by atoms with Crippen LogP contribution < -0.4 is 0 Å². The van der Waals surface area contributed by atoms with Crippen LogP contribution in [0, 0.1) is 13.8 Å². The maximum absolute atomic E-state index is 10.3. The van der Waals surface area contributed by atoms with E-state index in [0.717, 1.165) is 12.0 Å². The molecule has 2 nitrogen and oxygen atoms in total. The fraction of sp³-hybridized carbons (Fsp3) is 0.417. The Kier molecular flexibility index (Phi) is 3.69. The van der Waals surface area contributed by atoms with E-state index in [4.69, 9.17) is 4.74 Å². The largest absolute Gasteiger partial charge is 0.460 e. The molecule has 0 aliphatic heterocycles. The van der Waals surface area contributed by atoms with Crippen LogP contribution in [0.5, 0.6) is 0 Å². The van der Waals surface area contributed by atoms with Gasteiger partial charge in [0.15, 0.2) is 0 Å². The number of hydrogen-bond donors (Lipinski definition) is 0. The highest BCUT2D eigenvalue weighted by molar-refractivity contribution is 5.41. The molecule has 0 aliphatic rings. The number of carbonyl (C=O) groups is 1. The van der Waals surface area contributed by atoms with Gasteiger partial charge in [0, 0.05) is 0 Å². The highest BCUT2D eigenvalue weighted by atomic mass is 16.5. The summed E-state index contributed by atoms with van der Waals surface area (Å²) in [7, 11) is 0. The van der Waals surface area contributed by atoms with E-state index in [2.05, 4.69) is 19.9 Å². The Hall–Kier alpha value is -1.31. The Bertz CT molecular complexity index is 318. The molecule has 1 unspecified atom stereocenters. The van der Waals surface area contributed by atoms with Crippen molar-refractivity contribution in [1.29, 1.82) is 0 Å². The van der Waals surface area contributed by atoms with E-state index in [1.165, 1.54) is 11.1 Å². The normalized spacial score (nSPS) is 12.2. The molecule has 1 rings (SSSR count). The first-order valence-corrected chi connectivity index (χ1v) is 4.86. The van der Waals surface area contributed by atoms with Crippen molar-refractivity contribution in [3.63, 3.8) is 0 Å². The van der Waals surface area contributed by atoms with Gasteiger partial charge in [0.05, 0.1) is 0 Å². The number of benzene rings is 1. The fourth-order valence-electron chi connectivity index (χ4n) is 1.58. The summed E-state index contributed by atoms with van der Waals surface area (Å²) in [5.74, 6) is 0. The van der Waals surface area contributed by atoms with Crippen molar-refractivity contribution in [3.8, 4) is 0 Å². The lowest BCUT2D eigenvalue weighted by molar-refractivity contribution is -0.134. The average molecular weight is 192 g/mol. The van der Waals surface area contributed by atoms with E-state index in [1.54, 1.807) is 0 Å². The number of hydrogen-bond acceptors (Lipinski definition) is 2. The van der Waals surface area contributed by atoms with Crippen molar-refractivity contribution in [1.82, 2.24) is 0 Å². The molecule has 0 N–H and O–H groups in total. The summed E-state index contributed by atoms with van der Waals surface area (Å²) in [6, 6.07) is 6.07. The lowest BCUT2D eigenvalue weighted by Crippen LogP contribution is -2.04. The molecule has 1 aromatic rings. The van der Waals surface area contributed by atoms with E-state index in [-0.39, 0.29) is 6.10 Å². The standard InChI is InChI=1S/C12H16O2/c1-4-12(14-8-13)11-7-5-6-9(2)10(11)3/h5-8,12H,4H2,1-3H3. The maximum Gasteiger partial charge on any atom is 0.293 e. The Morgan fingerprint density at radius 2 is 2.14 bits per heavy atom. The second kappa shape index (κ2) is 4.80. The zero-order valence-corrected chi connectivity index (χ0v) is 8.91. The van der Waals surface area contributed by atoms with Crippen LogP contribution in [-0.2, 0) is 9.53 Å². The molecule has 2 heteroatoms. The lowest BCUT2D eigenvalue weighted by Gasteiger charge is -2.16. The smallest absolute Gasteiger partial charge is 0.293 e. The summed E-state index contributed by atoms with van der Waals surface area (Å²) < 4.78 is 5.03. The van der Waals surface area contributed by atoms with Gasteiger partial charge in [-0.1, -0.05) is 25.1 Å². The predicted molar refractivity (Wildman–Crippen MR) is 56.1 cm³/mol. The van der Waals surface area contributed by atoms with Crippen LogP contribution in [0.2, 0.25) is 0 Å². The van der Waals surface area contributed by atoms with Gasteiger partial charge in [-0.05, 0) is 37.0 Å². The molecule has 14 heavy (non-hydrogen) atoms. The molecule has 0 amide bonds. The van der Waals surface area contributed by atoms with Crippen molar-refractivity contribution < 1.29 is 9.53 Å². The van der Waals surface area contributed by atoms with Gasteiger partial charge in [-0.3, -0.25) is 4.79 Å². The third kappa shape index (κ3) is 2.13. The van der Waals surface area contributed by atoms with E-state index in [9.17, 15) is 4.79 Å². The number of carbonyl (C=O) groups excluding carboxylic acids is 1. The van der Waals surface area contributed by atoms with Gasteiger partial charge >= 0.3 is 0 Å². The quantitative estimate of drug-likeness (QED) is 0.685. The highest BCUT2D eigenvalue weighted by Gasteiger charge is 2.12. The monoisotopic (exact) mass is 192 g/mol. The molecular formula is C12H16O2. The third-order valence-corrected chi connectivity index (χ3v) is 2.58. The molecule has 0 aliphatic carbocycles. The van der Waals surface area contributed by atoms with Gasteiger partial charge in [0.25, 0.3) is 6.47 Å². The van der Waals surface area contributed by atoms with Crippen LogP contribution in [0.15, 0.2) is 18.2 Å². The van der Waals surface area contributed by atoms with Gasteiger partial charge in [0.2, 0.25) is 0 Å². The van der Waals surface area contributed by atoms with Crippen molar-refractivity contribution in [2.45, 2.75) is 33.3 Å². The molecule has 0 bridgehead atoms. The van der Waals surface area contributed by atoms with Gasteiger partial charge in [-0.15, -0.1) is 0 Å². The minimum atomic E-state index is -0.104. The van der Waals surface area contributed by atoms with Crippen molar-refractivity contribution in [2.75, 3.05) is 0 Å². The minimum absolute atomic E-state index is 0.104. The summed E-state index contributed by atoms with van der Waals surface area (Å²) >= 11 is 0. The fourth-order valence-corrected chi connectivity index (χ4v) is 1.58. The van der Waals surface area contributed by atoms with Crippen LogP contribution in [0.1, 0.15) is 36.1 Å².